The molecule has 2 unspecified atom stereocenters. The Labute approximate surface area is 104 Å². The molecule has 17 heavy (non-hydrogen) atoms. The van der Waals surface area contributed by atoms with Crippen LogP contribution >= 0.6 is 0 Å². The third-order valence-corrected chi connectivity index (χ3v) is 3.37. The minimum atomic E-state index is 0.293. The molecule has 1 fully saturated rings. The van der Waals surface area contributed by atoms with E-state index in [-0.39, 0.29) is 0 Å². The molecule has 0 aliphatic carbocycles. The lowest BCUT2D eigenvalue weighted by Crippen LogP contribution is -2.44. The zero-order valence-electron chi connectivity index (χ0n) is 10.5. The van der Waals surface area contributed by atoms with Gasteiger partial charge in [-0.25, -0.2) is 0 Å². The fraction of sp³-hybridized carbons (Fsp3) is 0.571. The van der Waals surface area contributed by atoms with Crippen LogP contribution in [0.15, 0.2) is 30.3 Å². The number of hydrogen-bond acceptors (Lipinski definition) is 3. The minimum absolute atomic E-state index is 0.293. The molecule has 2 atom stereocenters. The van der Waals surface area contributed by atoms with Crippen LogP contribution in [0.25, 0.3) is 0 Å². The van der Waals surface area contributed by atoms with Crippen molar-refractivity contribution in [2.75, 3.05) is 26.8 Å². The van der Waals surface area contributed by atoms with Crippen LogP contribution in [0, 0.1) is 5.92 Å². The smallest absolute Gasteiger partial charge is 0.0521 e. The monoisotopic (exact) mass is 234 g/mol. The van der Waals surface area contributed by atoms with Gasteiger partial charge in [0, 0.05) is 31.7 Å². The van der Waals surface area contributed by atoms with Crippen molar-refractivity contribution in [3.63, 3.8) is 0 Å². The van der Waals surface area contributed by atoms with Gasteiger partial charge in [0.2, 0.25) is 0 Å². The van der Waals surface area contributed by atoms with Gasteiger partial charge in [0.05, 0.1) is 6.61 Å². The van der Waals surface area contributed by atoms with Crippen LogP contribution in [-0.4, -0.2) is 37.7 Å². The first-order valence-electron chi connectivity index (χ1n) is 6.31. The Morgan fingerprint density at radius 2 is 2.12 bits per heavy atom. The second kappa shape index (κ2) is 6.15. The van der Waals surface area contributed by atoms with E-state index in [1.54, 1.807) is 0 Å². The van der Waals surface area contributed by atoms with Crippen molar-refractivity contribution in [2.24, 2.45) is 11.7 Å². The predicted octanol–water partition coefficient (Wildman–Crippen LogP) is 1.48. The SMILES string of the molecule is CN(Cc1ccccc1)CC1COCCC1N. The van der Waals surface area contributed by atoms with Gasteiger partial charge in [-0.2, -0.15) is 0 Å². The van der Waals surface area contributed by atoms with Gasteiger partial charge in [0.25, 0.3) is 0 Å². The molecule has 1 aliphatic heterocycles. The molecule has 1 saturated heterocycles. The average molecular weight is 234 g/mol. The number of nitrogens with zero attached hydrogens (tertiary/aromatic N) is 1. The molecule has 1 heterocycles. The van der Waals surface area contributed by atoms with Crippen molar-refractivity contribution < 1.29 is 4.74 Å². The Morgan fingerprint density at radius 1 is 1.35 bits per heavy atom. The summed E-state index contributed by atoms with van der Waals surface area (Å²) in [5.74, 6) is 0.470. The fourth-order valence-corrected chi connectivity index (χ4v) is 2.36. The van der Waals surface area contributed by atoms with Crippen LogP contribution in [-0.2, 0) is 11.3 Å². The Bertz CT molecular complexity index is 328. The van der Waals surface area contributed by atoms with Crippen LogP contribution in [0.2, 0.25) is 0 Å². The zero-order chi connectivity index (χ0) is 12.1. The van der Waals surface area contributed by atoms with Gasteiger partial charge in [-0.3, -0.25) is 0 Å². The van der Waals surface area contributed by atoms with Gasteiger partial charge < -0.3 is 15.4 Å². The molecular formula is C14H22N2O. The van der Waals surface area contributed by atoms with Crippen molar-refractivity contribution in [3.05, 3.63) is 35.9 Å². The third kappa shape index (κ3) is 3.80. The molecular weight excluding hydrogens is 212 g/mol. The molecule has 0 spiro atoms. The van der Waals surface area contributed by atoms with Gasteiger partial charge in [-0.05, 0) is 19.0 Å². The van der Waals surface area contributed by atoms with Gasteiger partial charge in [-0.15, -0.1) is 0 Å². The quantitative estimate of drug-likeness (QED) is 0.857. The summed E-state index contributed by atoms with van der Waals surface area (Å²) in [6, 6.07) is 10.8. The Morgan fingerprint density at radius 3 is 2.82 bits per heavy atom. The van der Waals surface area contributed by atoms with E-state index in [1.807, 2.05) is 6.07 Å². The molecule has 3 nitrogen and oxygen atoms in total. The summed E-state index contributed by atoms with van der Waals surface area (Å²) in [5.41, 5.74) is 7.46. The van der Waals surface area contributed by atoms with Crippen molar-refractivity contribution in [3.8, 4) is 0 Å². The van der Waals surface area contributed by atoms with Crippen LogP contribution in [0.3, 0.4) is 0 Å². The first-order chi connectivity index (χ1) is 8.25. The molecule has 0 saturated carbocycles. The molecule has 2 rings (SSSR count). The predicted molar refractivity (Wildman–Crippen MR) is 69.7 cm³/mol. The minimum Gasteiger partial charge on any atom is -0.381 e. The average Bonchev–Trinajstić information content (AvgIpc) is 2.33. The fourth-order valence-electron chi connectivity index (χ4n) is 2.36. The Kier molecular flexibility index (Phi) is 4.54. The highest BCUT2D eigenvalue weighted by Crippen LogP contribution is 2.14. The highest BCUT2D eigenvalue weighted by molar-refractivity contribution is 5.14. The Balaban J connectivity index is 1.82. The van der Waals surface area contributed by atoms with Gasteiger partial charge in [-0.1, -0.05) is 30.3 Å². The maximum atomic E-state index is 6.11. The second-order valence-corrected chi connectivity index (χ2v) is 4.97. The van der Waals surface area contributed by atoms with E-state index in [0.717, 1.165) is 32.7 Å². The summed E-state index contributed by atoms with van der Waals surface area (Å²) in [7, 11) is 2.15. The number of hydrogen-bond donors (Lipinski definition) is 1. The summed E-state index contributed by atoms with van der Waals surface area (Å²) in [5, 5.41) is 0. The van der Waals surface area contributed by atoms with Crippen LogP contribution in [0.5, 0.6) is 0 Å². The lowest BCUT2D eigenvalue weighted by molar-refractivity contribution is 0.0286. The highest BCUT2D eigenvalue weighted by atomic mass is 16.5. The van der Waals surface area contributed by atoms with Gasteiger partial charge >= 0.3 is 0 Å². The standard InChI is InChI=1S/C14H22N2O/c1-16(9-12-5-3-2-4-6-12)10-13-11-17-8-7-14(13)15/h2-6,13-14H,7-11,15H2,1H3. The summed E-state index contributed by atoms with van der Waals surface area (Å²) in [6.45, 7) is 3.61. The number of nitrogens with two attached hydrogens (primary N) is 1. The molecule has 0 amide bonds. The van der Waals surface area contributed by atoms with E-state index < -0.39 is 0 Å². The lowest BCUT2D eigenvalue weighted by Gasteiger charge is -2.32. The molecule has 0 aromatic heterocycles. The highest BCUT2D eigenvalue weighted by Gasteiger charge is 2.23. The Hall–Kier alpha value is -0.900. The largest absolute Gasteiger partial charge is 0.381 e. The maximum Gasteiger partial charge on any atom is 0.0521 e. The molecule has 2 N–H and O–H groups in total. The van der Waals surface area contributed by atoms with E-state index in [4.69, 9.17) is 10.5 Å². The van der Waals surface area contributed by atoms with E-state index in [0.29, 0.717) is 12.0 Å². The van der Waals surface area contributed by atoms with Crippen LogP contribution < -0.4 is 5.73 Å². The molecule has 1 aliphatic rings. The van der Waals surface area contributed by atoms with Gasteiger partial charge in [0.15, 0.2) is 0 Å². The van der Waals surface area contributed by atoms with Crippen molar-refractivity contribution in [1.82, 2.24) is 4.90 Å². The van der Waals surface area contributed by atoms with Crippen molar-refractivity contribution in [1.29, 1.82) is 0 Å². The lowest BCUT2D eigenvalue weighted by atomic mass is 9.96. The van der Waals surface area contributed by atoms with Crippen molar-refractivity contribution >= 4 is 0 Å². The number of ether oxygens (including phenoxy) is 1. The maximum absolute atomic E-state index is 6.11. The number of rotatable bonds is 4. The van der Waals surface area contributed by atoms with Crippen LogP contribution in [0.1, 0.15) is 12.0 Å². The first kappa shape index (κ1) is 12.6. The zero-order valence-corrected chi connectivity index (χ0v) is 10.5. The summed E-state index contributed by atoms with van der Waals surface area (Å²) in [6.07, 6.45) is 0.990. The molecule has 0 radical (unpaired) electrons. The first-order valence-corrected chi connectivity index (χ1v) is 6.31. The molecule has 0 bridgehead atoms. The summed E-state index contributed by atoms with van der Waals surface area (Å²) in [4.78, 5) is 2.33. The van der Waals surface area contributed by atoms with E-state index in [1.165, 1.54) is 5.56 Å². The van der Waals surface area contributed by atoms with E-state index >= 15 is 0 Å². The summed E-state index contributed by atoms with van der Waals surface area (Å²) < 4.78 is 5.50. The second-order valence-electron chi connectivity index (χ2n) is 4.97. The summed E-state index contributed by atoms with van der Waals surface area (Å²) >= 11 is 0. The third-order valence-electron chi connectivity index (χ3n) is 3.37. The van der Waals surface area contributed by atoms with Gasteiger partial charge in [0.1, 0.15) is 0 Å². The molecule has 3 heteroatoms. The van der Waals surface area contributed by atoms with Crippen LogP contribution in [0.4, 0.5) is 0 Å². The molecule has 94 valence electrons. The topological polar surface area (TPSA) is 38.5 Å². The molecule has 1 aromatic rings. The van der Waals surface area contributed by atoms with Crippen molar-refractivity contribution in [2.45, 2.75) is 19.0 Å². The molecule has 1 aromatic carbocycles. The van der Waals surface area contributed by atoms with E-state index in [9.17, 15) is 0 Å². The normalized spacial score (nSPS) is 25.1. The van der Waals surface area contributed by atoms with E-state index in [2.05, 4.69) is 36.2 Å². The number of benzene rings is 1.